The molecule has 0 bridgehead atoms. The van der Waals surface area contributed by atoms with Crippen LogP contribution in [0, 0.1) is 0 Å². The zero-order valence-corrected chi connectivity index (χ0v) is 15.3. The number of aromatic nitrogens is 3. The van der Waals surface area contributed by atoms with Crippen molar-refractivity contribution in [1.82, 2.24) is 14.5 Å². The molecule has 122 valence electrons. The van der Waals surface area contributed by atoms with E-state index in [2.05, 4.69) is 43.3 Å². The van der Waals surface area contributed by atoms with E-state index in [4.69, 9.17) is 0 Å². The summed E-state index contributed by atoms with van der Waals surface area (Å²) in [5.74, 6) is 0.558. The molecule has 24 heavy (non-hydrogen) atoms. The molecule has 2 aromatic heterocycles. The molecule has 0 amide bonds. The Labute approximate surface area is 152 Å². The van der Waals surface area contributed by atoms with Gasteiger partial charge in [0, 0.05) is 35.3 Å². The van der Waals surface area contributed by atoms with Crippen LogP contribution in [0.25, 0.3) is 5.69 Å². The highest BCUT2D eigenvalue weighted by Gasteiger charge is 2.06. The van der Waals surface area contributed by atoms with Crippen LogP contribution in [0.5, 0.6) is 0 Å². The Morgan fingerprint density at radius 3 is 2.71 bits per heavy atom. The highest BCUT2D eigenvalue weighted by molar-refractivity contribution is 9.10. The van der Waals surface area contributed by atoms with E-state index in [-0.39, 0.29) is 0 Å². The predicted octanol–water partition coefficient (Wildman–Crippen LogP) is 4.18. The van der Waals surface area contributed by atoms with Gasteiger partial charge in [0.1, 0.15) is 5.82 Å². The molecule has 0 spiro atoms. The molecular formula is C17H15BrN4OS. The molecule has 0 saturated heterocycles. The summed E-state index contributed by atoms with van der Waals surface area (Å²) >= 11 is 4.89. The molecule has 7 heteroatoms. The van der Waals surface area contributed by atoms with Gasteiger partial charge in [0.05, 0.1) is 5.56 Å². The minimum Gasteiger partial charge on any atom is -0.365 e. The van der Waals surface area contributed by atoms with Gasteiger partial charge in [0.25, 0.3) is 0 Å². The molecule has 1 N–H and O–H groups in total. The van der Waals surface area contributed by atoms with Crippen molar-refractivity contribution in [2.75, 3.05) is 11.6 Å². The lowest BCUT2D eigenvalue weighted by atomic mass is 10.2. The maximum atomic E-state index is 11.1. The van der Waals surface area contributed by atoms with Crippen LogP contribution in [-0.2, 0) is 6.54 Å². The van der Waals surface area contributed by atoms with Gasteiger partial charge < -0.3 is 9.88 Å². The number of carbonyl (C=O) groups is 1. The van der Waals surface area contributed by atoms with Gasteiger partial charge in [-0.1, -0.05) is 23.9 Å². The highest BCUT2D eigenvalue weighted by atomic mass is 79.9. The number of hydrogen-bond acceptors (Lipinski definition) is 5. The van der Waals surface area contributed by atoms with Crippen LogP contribution in [0.15, 0.2) is 58.6 Å². The number of aldehydes is 1. The summed E-state index contributed by atoms with van der Waals surface area (Å²) in [6.45, 7) is 0.585. The molecule has 5 nitrogen and oxygen atoms in total. The number of benzene rings is 1. The fourth-order valence-corrected chi connectivity index (χ4v) is 2.88. The van der Waals surface area contributed by atoms with Gasteiger partial charge >= 0.3 is 0 Å². The highest BCUT2D eigenvalue weighted by Crippen LogP contribution is 2.18. The van der Waals surface area contributed by atoms with E-state index >= 15 is 0 Å². The molecule has 0 fully saturated rings. The quantitative estimate of drug-likeness (QED) is 0.380. The Morgan fingerprint density at radius 1 is 1.29 bits per heavy atom. The van der Waals surface area contributed by atoms with Gasteiger partial charge in [0.2, 0.25) is 0 Å². The minimum absolute atomic E-state index is 0.460. The van der Waals surface area contributed by atoms with Gasteiger partial charge in [0.15, 0.2) is 11.4 Å². The van der Waals surface area contributed by atoms with E-state index in [9.17, 15) is 4.79 Å². The first-order valence-electron chi connectivity index (χ1n) is 7.22. The Balaban J connectivity index is 1.72. The second-order valence-corrected chi connectivity index (χ2v) is 6.72. The maximum absolute atomic E-state index is 11.1. The number of rotatable bonds is 6. The van der Waals surface area contributed by atoms with Gasteiger partial charge in [-0.05, 0) is 45.9 Å². The lowest BCUT2D eigenvalue weighted by molar-refractivity contribution is 0.112. The van der Waals surface area contributed by atoms with Crippen LogP contribution in [0.3, 0.4) is 0 Å². The Bertz CT molecular complexity index is 848. The zero-order valence-electron chi connectivity index (χ0n) is 12.9. The number of nitrogens with one attached hydrogen (secondary N) is 1. The molecule has 3 rings (SSSR count). The first-order valence-corrected chi connectivity index (χ1v) is 9.24. The first-order chi connectivity index (χ1) is 11.7. The number of carbonyl (C=O) groups excluding carboxylic acids is 1. The molecule has 0 aliphatic carbocycles. The van der Waals surface area contributed by atoms with E-state index in [1.54, 1.807) is 6.20 Å². The average Bonchev–Trinajstić information content (AvgIpc) is 3.06. The zero-order chi connectivity index (χ0) is 16.9. The lowest BCUT2D eigenvalue weighted by Gasteiger charge is -2.09. The van der Waals surface area contributed by atoms with Gasteiger partial charge in [-0.3, -0.25) is 4.79 Å². The van der Waals surface area contributed by atoms with Crippen LogP contribution in [0.2, 0.25) is 0 Å². The van der Waals surface area contributed by atoms with Crippen LogP contribution >= 0.6 is 27.7 Å². The summed E-state index contributed by atoms with van der Waals surface area (Å²) < 4.78 is 3.09. The van der Waals surface area contributed by atoms with Crippen molar-refractivity contribution in [3.63, 3.8) is 0 Å². The molecule has 0 saturated carbocycles. The summed E-state index contributed by atoms with van der Waals surface area (Å²) in [5.41, 5.74) is 2.65. The topological polar surface area (TPSA) is 59.8 Å². The molecule has 1 aromatic carbocycles. The molecule has 0 unspecified atom stereocenters. The second-order valence-electron chi connectivity index (χ2n) is 5.04. The number of nitrogens with zero attached hydrogens (tertiary/aromatic N) is 3. The molecule has 0 aliphatic rings. The number of thioether (sulfide) groups is 1. The third-order valence-electron chi connectivity index (χ3n) is 3.46. The van der Waals surface area contributed by atoms with E-state index in [0.29, 0.717) is 23.1 Å². The molecular weight excluding hydrogens is 388 g/mol. The Hall–Kier alpha value is -2.12. The van der Waals surface area contributed by atoms with E-state index in [1.165, 1.54) is 11.8 Å². The average molecular weight is 403 g/mol. The van der Waals surface area contributed by atoms with Gasteiger partial charge in [-0.2, -0.15) is 0 Å². The van der Waals surface area contributed by atoms with Crippen LogP contribution in [-0.4, -0.2) is 27.1 Å². The van der Waals surface area contributed by atoms with Crippen LogP contribution in [0.4, 0.5) is 5.82 Å². The monoisotopic (exact) mass is 402 g/mol. The summed E-state index contributed by atoms with van der Waals surface area (Å²) in [5, 5.41) is 3.84. The van der Waals surface area contributed by atoms with Crippen LogP contribution in [0.1, 0.15) is 15.9 Å². The lowest BCUT2D eigenvalue weighted by Crippen LogP contribution is -2.06. The maximum Gasteiger partial charge on any atom is 0.189 e. The van der Waals surface area contributed by atoms with E-state index in [1.807, 2.05) is 41.4 Å². The summed E-state index contributed by atoms with van der Waals surface area (Å²) in [6.07, 6.45) is 8.21. The number of anilines is 1. The molecule has 2 heterocycles. The van der Waals surface area contributed by atoms with Crippen molar-refractivity contribution in [3.05, 3.63) is 64.5 Å². The van der Waals surface area contributed by atoms with E-state index < -0.39 is 0 Å². The summed E-state index contributed by atoms with van der Waals surface area (Å²) in [7, 11) is 0. The van der Waals surface area contributed by atoms with Gasteiger partial charge in [-0.15, -0.1) is 0 Å². The Kier molecular flexibility index (Phi) is 5.32. The Morgan fingerprint density at radius 2 is 2.08 bits per heavy atom. The summed E-state index contributed by atoms with van der Waals surface area (Å²) in [6, 6.07) is 10.2. The van der Waals surface area contributed by atoms with E-state index in [0.717, 1.165) is 22.0 Å². The van der Waals surface area contributed by atoms with Crippen molar-refractivity contribution in [1.29, 1.82) is 0 Å². The van der Waals surface area contributed by atoms with Crippen molar-refractivity contribution in [2.45, 2.75) is 11.7 Å². The fraction of sp³-hybridized carbons (Fsp3) is 0.118. The minimum atomic E-state index is 0.460. The smallest absolute Gasteiger partial charge is 0.189 e. The summed E-state index contributed by atoms with van der Waals surface area (Å²) in [4.78, 5) is 19.6. The number of hydrogen-bond donors (Lipinski definition) is 1. The standard InChI is InChI=1S/C17H15BrN4OS/c1-24-17-20-9-13(11-23)16(21-17)19-8-12-2-4-15(5-3-12)22-7-6-14(18)10-22/h2-7,9-11H,8H2,1H3,(H,19,20,21). The fourth-order valence-electron chi connectivity index (χ4n) is 2.20. The van der Waals surface area contributed by atoms with Crippen LogP contribution < -0.4 is 5.32 Å². The van der Waals surface area contributed by atoms with Crippen molar-refractivity contribution < 1.29 is 4.79 Å². The normalized spacial score (nSPS) is 10.6. The molecule has 3 aromatic rings. The molecule has 0 aliphatic heterocycles. The molecule has 0 atom stereocenters. The third-order valence-corrected chi connectivity index (χ3v) is 4.49. The molecule has 0 radical (unpaired) electrons. The first kappa shape index (κ1) is 16.7. The number of halogens is 1. The van der Waals surface area contributed by atoms with Crippen molar-refractivity contribution >= 4 is 39.8 Å². The SMILES string of the molecule is CSc1ncc(C=O)c(NCc2ccc(-n3ccc(Br)c3)cc2)n1. The third kappa shape index (κ3) is 3.85. The van der Waals surface area contributed by atoms with Crippen molar-refractivity contribution in [3.8, 4) is 5.69 Å². The van der Waals surface area contributed by atoms with Gasteiger partial charge in [-0.25, -0.2) is 9.97 Å². The van der Waals surface area contributed by atoms with Crippen molar-refractivity contribution in [2.24, 2.45) is 0 Å². The predicted molar refractivity (Wildman–Crippen MR) is 100.0 cm³/mol. The largest absolute Gasteiger partial charge is 0.365 e. The second kappa shape index (κ2) is 7.63.